The molecule has 0 aliphatic rings. The van der Waals surface area contributed by atoms with Crippen LogP contribution in [0.15, 0.2) is 24.3 Å². The molecule has 0 heterocycles. The molecule has 0 fully saturated rings. The van der Waals surface area contributed by atoms with Gasteiger partial charge < -0.3 is 17.7 Å². The van der Waals surface area contributed by atoms with E-state index in [-0.39, 0.29) is 41.1 Å². The molecule has 0 aliphatic carbocycles. The van der Waals surface area contributed by atoms with Crippen LogP contribution in [0.25, 0.3) is 0 Å². The van der Waals surface area contributed by atoms with Gasteiger partial charge in [0.2, 0.25) is 0 Å². The third-order valence-corrected chi connectivity index (χ3v) is 3.55. The van der Waals surface area contributed by atoms with Crippen LogP contribution >= 0.6 is 0 Å². The SMILES string of the molecule is Cc1ccc(CCC(C)(C)C(O)C[S-])cc1.[Na+]. The Morgan fingerprint density at radius 3 is 2.24 bits per heavy atom. The van der Waals surface area contributed by atoms with Crippen molar-refractivity contribution in [2.75, 3.05) is 5.75 Å². The Bertz CT molecular complexity index is 321. The topological polar surface area (TPSA) is 20.2 Å². The first-order chi connectivity index (χ1) is 7.45. The van der Waals surface area contributed by atoms with Crippen molar-refractivity contribution < 1.29 is 34.7 Å². The third-order valence-electron chi connectivity index (χ3n) is 3.24. The number of aliphatic hydroxyl groups excluding tert-OH is 1. The van der Waals surface area contributed by atoms with Crippen LogP contribution in [0, 0.1) is 12.3 Å². The Labute approximate surface area is 133 Å². The molecule has 1 aromatic carbocycles. The van der Waals surface area contributed by atoms with Crippen LogP contribution in [0.3, 0.4) is 0 Å². The maximum atomic E-state index is 9.80. The van der Waals surface area contributed by atoms with Gasteiger partial charge in [-0.05, 0) is 30.7 Å². The Morgan fingerprint density at radius 1 is 1.24 bits per heavy atom. The van der Waals surface area contributed by atoms with E-state index >= 15 is 0 Å². The van der Waals surface area contributed by atoms with Crippen molar-refractivity contribution in [3.8, 4) is 0 Å². The molecule has 0 bridgehead atoms. The molecule has 1 rings (SSSR count). The van der Waals surface area contributed by atoms with E-state index in [1.54, 1.807) is 0 Å². The van der Waals surface area contributed by atoms with Crippen LogP contribution in [0.4, 0.5) is 0 Å². The molecule has 1 atom stereocenters. The zero-order valence-electron chi connectivity index (χ0n) is 11.4. The summed E-state index contributed by atoms with van der Waals surface area (Å²) in [7, 11) is 0. The van der Waals surface area contributed by atoms with Crippen LogP contribution in [-0.2, 0) is 19.0 Å². The molecule has 90 valence electrons. The number of hydrogen-bond acceptors (Lipinski definition) is 2. The predicted octanol–water partition coefficient (Wildman–Crippen LogP) is -0.134. The summed E-state index contributed by atoms with van der Waals surface area (Å²) in [5.41, 5.74) is 2.52. The zero-order chi connectivity index (χ0) is 12.2. The van der Waals surface area contributed by atoms with Gasteiger partial charge in [-0.1, -0.05) is 43.7 Å². The van der Waals surface area contributed by atoms with Gasteiger partial charge in [0.25, 0.3) is 0 Å². The second-order valence-corrected chi connectivity index (χ2v) is 5.49. The normalized spacial score (nSPS) is 13.0. The summed E-state index contributed by atoms with van der Waals surface area (Å²) in [6, 6.07) is 8.58. The molecule has 0 saturated carbocycles. The maximum absolute atomic E-state index is 9.80. The second kappa shape index (κ2) is 7.85. The fourth-order valence-corrected chi connectivity index (χ4v) is 2.06. The summed E-state index contributed by atoms with van der Waals surface area (Å²) < 4.78 is 0. The van der Waals surface area contributed by atoms with E-state index in [1.807, 2.05) is 0 Å². The summed E-state index contributed by atoms with van der Waals surface area (Å²) in [4.78, 5) is 0. The van der Waals surface area contributed by atoms with Crippen molar-refractivity contribution >= 4 is 12.6 Å². The minimum atomic E-state index is -0.382. The molecule has 0 spiro atoms. The largest absolute Gasteiger partial charge is 1.00 e. The van der Waals surface area contributed by atoms with Crippen molar-refractivity contribution in [2.45, 2.75) is 39.7 Å². The first-order valence-electron chi connectivity index (χ1n) is 5.77. The molecule has 0 aromatic heterocycles. The minimum Gasteiger partial charge on any atom is -0.790 e. The standard InChI is InChI=1S/C14H22OS.Na/c1-11-4-6-12(7-5-11)8-9-14(2,3)13(15)10-16;/h4-7,13,15-16H,8-10H2,1-3H3;/q;+1/p-1. The van der Waals surface area contributed by atoms with Crippen LogP contribution in [-0.4, -0.2) is 17.0 Å². The van der Waals surface area contributed by atoms with Gasteiger partial charge in [-0.3, -0.25) is 0 Å². The summed E-state index contributed by atoms with van der Waals surface area (Å²) in [5, 5.41) is 9.80. The third kappa shape index (κ3) is 5.80. The molecule has 0 amide bonds. The molecule has 1 nitrogen and oxygen atoms in total. The van der Waals surface area contributed by atoms with Gasteiger partial charge in [-0.25, -0.2) is 0 Å². The molecule has 0 radical (unpaired) electrons. The van der Waals surface area contributed by atoms with Crippen LogP contribution in [0.2, 0.25) is 0 Å². The van der Waals surface area contributed by atoms with Gasteiger partial charge in [0.15, 0.2) is 0 Å². The van der Waals surface area contributed by atoms with Crippen molar-refractivity contribution in [3.05, 3.63) is 35.4 Å². The fourth-order valence-electron chi connectivity index (χ4n) is 1.61. The molecule has 17 heavy (non-hydrogen) atoms. The van der Waals surface area contributed by atoms with E-state index in [9.17, 15) is 5.11 Å². The van der Waals surface area contributed by atoms with Crippen molar-refractivity contribution in [2.24, 2.45) is 5.41 Å². The Hall–Kier alpha value is 0.530. The van der Waals surface area contributed by atoms with Gasteiger partial charge >= 0.3 is 29.6 Å². The number of rotatable bonds is 5. The number of hydrogen-bond donors (Lipinski definition) is 1. The number of aliphatic hydroxyl groups is 1. The van der Waals surface area contributed by atoms with Gasteiger partial charge in [0.05, 0.1) is 0 Å². The zero-order valence-corrected chi connectivity index (χ0v) is 14.2. The first kappa shape index (κ1) is 17.5. The molecule has 1 aromatic rings. The molecular formula is C14H21NaOS. The minimum absolute atomic E-state index is 0. The molecule has 1 N–H and O–H groups in total. The monoisotopic (exact) mass is 260 g/mol. The van der Waals surface area contributed by atoms with Crippen LogP contribution in [0.1, 0.15) is 31.4 Å². The van der Waals surface area contributed by atoms with Crippen LogP contribution in [0.5, 0.6) is 0 Å². The Balaban J connectivity index is 0.00000256. The summed E-state index contributed by atoms with van der Waals surface area (Å²) in [6.45, 7) is 6.25. The quantitative estimate of drug-likeness (QED) is 0.588. The van der Waals surface area contributed by atoms with Gasteiger partial charge in [-0.2, -0.15) is 0 Å². The first-order valence-corrected chi connectivity index (χ1v) is 6.35. The molecule has 3 heteroatoms. The van der Waals surface area contributed by atoms with Gasteiger partial charge in [0, 0.05) is 6.10 Å². The predicted molar refractivity (Wildman–Crippen MR) is 71.5 cm³/mol. The summed E-state index contributed by atoms with van der Waals surface area (Å²) in [6.07, 6.45) is 1.58. The van der Waals surface area contributed by atoms with E-state index in [0.29, 0.717) is 5.75 Å². The van der Waals surface area contributed by atoms with Gasteiger partial charge in [0.1, 0.15) is 0 Å². The van der Waals surface area contributed by atoms with Gasteiger partial charge in [-0.15, -0.1) is 5.75 Å². The summed E-state index contributed by atoms with van der Waals surface area (Å²) >= 11 is 4.92. The fraction of sp³-hybridized carbons (Fsp3) is 0.571. The Morgan fingerprint density at radius 2 is 1.76 bits per heavy atom. The maximum Gasteiger partial charge on any atom is 1.00 e. The molecule has 1 unspecified atom stereocenters. The van der Waals surface area contributed by atoms with E-state index in [0.717, 1.165) is 12.8 Å². The summed E-state index contributed by atoms with van der Waals surface area (Å²) in [5.74, 6) is 0.418. The average Bonchev–Trinajstić information content (AvgIpc) is 2.27. The number of benzene rings is 1. The Kier molecular flexibility index (Phi) is 8.10. The molecule has 0 aliphatic heterocycles. The molecular weight excluding hydrogens is 239 g/mol. The van der Waals surface area contributed by atoms with Crippen molar-refractivity contribution in [3.63, 3.8) is 0 Å². The molecule has 0 saturated heterocycles. The van der Waals surface area contributed by atoms with E-state index in [1.165, 1.54) is 11.1 Å². The smallest absolute Gasteiger partial charge is 0.790 e. The van der Waals surface area contributed by atoms with E-state index < -0.39 is 0 Å². The van der Waals surface area contributed by atoms with Crippen molar-refractivity contribution in [1.29, 1.82) is 0 Å². The second-order valence-electron chi connectivity index (χ2n) is 5.16. The van der Waals surface area contributed by atoms with Crippen molar-refractivity contribution in [1.82, 2.24) is 0 Å². The van der Waals surface area contributed by atoms with Crippen LogP contribution < -0.4 is 29.6 Å². The average molecular weight is 260 g/mol. The van der Waals surface area contributed by atoms with E-state index in [4.69, 9.17) is 12.6 Å². The van der Waals surface area contributed by atoms with E-state index in [2.05, 4.69) is 45.0 Å². The number of aryl methyl sites for hydroxylation is 2.